The molecule has 0 bridgehead atoms. The maximum atomic E-state index is 13.9. The Morgan fingerprint density at radius 2 is 1.76 bits per heavy atom. The number of anilines is 1. The standard InChI is InChI=1S/C24H25F2N3O3.ClH/c1-31-23-13-18(7-10-22(23)32-16-17-5-3-2-4-6-17)15-29(12-11-27)24(30)28-21-9-8-19(25)14-20(21)26;/h2-10,13-14H,11-12,15-16,27H2,1H3,(H,28,30);1H. The molecule has 3 aromatic carbocycles. The minimum absolute atomic E-state index is 0. The summed E-state index contributed by atoms with van der Waals surface area (Å²) < 4.78 is 38.3. The number of carbonyl (C=O) groups excluding carboxylic acids is 1. The first-order valence-corrected chi connectivity index (χ1v) is 10.0. The van der Waals surface area contributed by atoms with Gasteiger partial charge in [0.1, 0.15) is 18.2 Å². The molecule has 0 atom stereocenters. The predicted molar refractivity (Wildman–Crippen MR) is 126 cm³/mol. The molecule has 6 nitrogen and oxygen atoms in total. The Kier molecular flexibility index (Phi) is 9.90. The number of methoxy groups -OCH3 is 1. The molecular weight excluding hydrogens is 452 g/mol. The lowest BCUT2D eigenvalue weighted by atomic mass is 10.2. The highest BCUT2D eigenvalue weighted by Gasteiger charge is 2.17. The number of carbonyl (C=O) groups is 1. The van der Waals surface area contributed by atoms with Crippen molar-refractivity contribution in [3.63, 3.8) is 0 Å². The smallest absolute Gasteiger partial charge is 0.322 e. The lowest BCUT2D eigenvalue weighted by Gasteiger charge is -2.23. The van der Waals surface area contributed by atoms with E-state index in [2.05, 4.69) is 5.32 Å². The molecule has 0 spiro atoms. The molecule has 0 aliphatic heterocycles. The van der Waals surface area contributed by atoms with Crippen molar-refractivity contribution in [3.8, 4) is 11.5 Å². The van der Waals surface area contributed by atoms with Crippen LogP contribution in [0, 0.1) is 11.6 Å². The lowest BCUT2D eigenvalue weighted by molar-refractivity contribution is 0.210. The number of benzene rings is 3. The summed E-state index contributed by atoms with van der Waals surface area (Å²) in [5, 5.41) is 2.45. The van der Waals surface area contributed by atoms with Gasteiger partial charge in [-0.3, -0.25) is 0 Å². The topological polar surface area (TPSA) is 76.8 Å². The van der Waals surface area contributed by atoms with Gasteiger partial charge in [-0.05, 0) is 35.4 Å². The van der Waals surface area contributed by atoms with Crippen LogP contribution in [-0.2, 0) is 13.2 Å². The number of ether oxygens (including phenoxy) is 2. The van der Waals surface area contributed by atoms with Crippen LogP contribution in [0.4, 0.5) is 19.3 Å². The molecule has 0 aromatic heterocycles. The number of urea groups is 1. The van der Waals surface area contributed by atoms with Crippen LogP contribution in [0.2, 0.25) is 0 Å². The van der Waals surface area contributed by atoms with Gasteiger partial charge in [0.05, 0.1) is 12.8 Å². The fourth-order valence-corrected chi connectivity index (χ4v) is 3.08. The van der Waals surface area contributed by atoms with E-state index in [0.29, 0.717) is 24.2 Å². The van der Waals surface area contributed by atoms with E-state index in [9.17, 15) is 13.6 Å². The zero-order chi connectivity index (χ0) is 22.9. The monoisotopic (exact) mass is 477 g/mol. The Morgan fingerprint density at radius 3 is 2.42 bits per heavy atom. The molecule has 176 valence electrons. The Hall–Kier alpha value is -3.36. The lowest BCUT2D eigenvalue weighted by Crippen LogP contribution is -2.38. The number of nitrogens with zero attached hydrogens (tertiary/aromatic N) is 1. The van der Waals surface area contributed by atoms with Crippen molar-refractivity contribution in [2.45, 2.75) is 13.2 Å². The van der Waals surface area contributed by atoms with E-state index in [1.165, 1.54) is 18.1 Å². The van der Waals surface area contributed by atoms with Gasteiger partial charge in [-0.2, -0.15) is 0 Å². The van der Waals surface area contributed by atoms with Crippen LogP contribution in [0.3, 0.4) is 0 Å². The predicted octanol–water partition coefficient (Wildman–Crippen LogP) is 4.97. The van der Waals surface area contributed by atoms with Crippen LogP contribution >= 0.6 is 12.4 Å². The second-order valence-corrected chi connectivity index (χ2v) is 7.02. The summed E-state index contributed by atoms with van der Waals surface area (Å²) in [4.78, 5) is 14.1. The molecule has 0 saturated carbocycles. The number of nitrogens with one attached hydrogen (secondary N) is 1. The van der Waals surface area contributed by atoms with E-state index in [1.807, 2.05) is 36.4 Å². The molecular formula is C24H26ClF2N3O3. The first kappa shape index (κ1) is 25.9. The zero-order valence-corrected chi connectivity index (χ0v) is 18.9. The number of halogens is 3. The normalized spacial score (nSPS) is 10.2. The van der Waals surface area contributed by atoms with Gasteiger partial charge in [0.2, 0.25) is 0 Å². The Balaban J connectivity index is 0.00000385. The second kappa shape index (κ2) is 12.6. The minimum atomic E-state index is -0.854. The molecule has 0 fully saturated rings. The number of amides is 2. The molecule has 2 amide bonds. The summed E-state index contributed by atoms with van der Waals surface area (Å²) in [5.74, 6) is -0.479. The van der Waals surface area contributed by atoms with Crippen LogP contribution < -0.4 is 20.5 Å². The summed E-state index contributed by atoms with van der Waals surface area (Å²) in [6, 6.07) is 17.5. The maximum absolute atomic E-state index is 13.9. The highest BCUT2D eigenvalue weighted by Crippen LogP contribution is 2.29. The first-order chi connectivity index (χ1) is 15.5. The van der Waals surface area contributed by atoms with E-state index in [1.54, 1.807) is 12.1 Å². The summed E-state index contributed by atoms with van der Waals surface area (Å²) in [5.41, 5.74) is 7.34. The summed E-state index contributed by atoms with van der Waals surface area (Å²) >= 11 is 0. The number of nitrogens with two attached hydrogens (primary N) is 1. The van der Waals surface area contributed by atoms with Crippen LogP contribution in [0.15, 0.2) is 66.7 Å². The number of hydrogen-bond donors (Lipinski definition) is 2. The molecule has 0 aliphatic carbocycles. The van der Waals surface area contributed by atoms with Crippen molar-refractivity contribution < 1.29 is 23.0 Å². The Morgan fingerprint density at radius 1 is 1.00 bits per heavy atom. The molecule has 3 rings (SSSR count). The summed E-state index contributed by atoms with van der Waals surface area (Å²) in [6.07, 6.45) is 0. The molecule has 33 heavy (non-hydrogen) atoms. The number of rotatable bonds is 9. The van der Waals surface area contributed by atoms with Crippen molar-refractivity contribution in [2.24, 2.45) is 5.73 Å². The molecule has 0 saturated heterocycles. The van der Waals surface area contributed by atoms with Crippen LogP contribution in [0.25, 0.3) is 0 Å². The average molecular weight is 478 g/mol. The first-order valence-electron chi connectivity index (χ1n) is 10.0. The van der Waals surface area contributed by atoms with Gasteiger partial charge in [0.15, 0.2) is 11.5 Å². The van der Waals surface area contributed by atoms with Crippen molar-refractivity contribution in [1.82, 2.24) is 4.90 Å². The van der Waals surface area contributed by atoms with Gasteiger partial charge in [0, 0.05) is 25.7 Å². The third kappa shape index (κ3) is 7.34. The summed E-state index contributed by atoms with van der Waals surface area (Å²) in [7, 11) is 1.54. The molecule has 0 unspecified atom stereocenters. The average Bonchev–Trinajstić information content (AvgIpc) is 2.80. The molecule has 9 heteroatoms. The third-order valence-electron chi connectivity index (χ3n) is 4.70. The summed E-state index contributed by atoms with van der Waals surface area (Å²) in [6.45, 7) is 1.06. The largest absolute Gasteiger partial charge is 0.493 e. The quantitative estimate of drug-likeness (QED) is 0.456. The van der Waals surface area contributed by atoms with E-state index in [0.717, 1.165) is 17.2 Å². The highest BCUT2D eigenvalue weighted by molar-refractivity contribution is 5.89. The zero-order valence-electron chi connectivity index (χ0n) is 18.1. The SMILES string of the molecule is COc1cc(CN(CCN)C(=O)Nc2ccc(F)cc2F)ccc1OCc1ccccc1.Cl. The van der Waals surface area contributed by atoms with Gasteiger partial charge < -0.3 is 25.4 Å². The molecule has 0 aliphatic rings. The second-order valence-electron chi connectivity index (χ2n) is 7.02. The maximum Gasteiger partial charge on any atom is 0.322 e. The van der Waals surface area contributed by atoms with E-state index < -0.39 is 17.7 Å². The van der Waals surface area contributed by atoms with E-state index in [-0.39, 0.29) is 37.7 Å². The molecule has 0 heterocycles. The van der Waals surface area contributed by atoms with Gasteiger partial charge >= 0.3 is 6.03 Å². The Bertz CT molecular complexity index is 1050. The molecule has 0 radical (unpaired) electrons. The van der Waals surface area contributed by atoms with Crippen LogP contribution in [-0.4, -0.2) is 31.1 Å². The third-order valence-corrected chi connectivity index (χ3v) is 4.70. The molecule has 3 N–H and O–H groups in total. The van der Waals surface area contributed by atoms with Crippen LogP contribution in [0.1, 0.15) is 11.1 Å². The van der Waals surface area contributed by atoms with E-state index >= 15 is 0 Å². The fraction of sp³-hybridized carbons (Fsp3) is 0.208. The number of hydrogen-bond acceptors (Lipinski definition) is 4. The van der Waals surface area contributed by atoms with Crippen molar-refractivity contribution >= 4 is 24.1 Å². The minimum Gasteiger partial charge on any atom is -0.493 e. The Labute approximate surface area is 197 Å². The fourth-order valence-electron chi connectivity index (χ4n) is 3.08. The van der Waals surface area contributed by atoms with Gasteiger partial charge in [0.25, 0.3) is 0 Å². The van der Waals surface area contributed by atoms with Gasteiger partial charge in [-0.1, -0.05) is 36.4 Å². The van der Waals surface area contributed by atoms with Crippen molar-refractivity contribution in [3.05, 3.63) is 89.5 Å². The van der Waals surface area contributed by atoms with Crippen LogP contribution in [0.5, 0.6) is 11.5 Å². The highest BCUT2D eigenvalue weighted by atomic mass is 35.5. The van der Waals surface area contributed by atoms with Gasteiger partial charge in [-0.25, -0.2) is 13.6 Å². The van der Waals surface area contributed by atoms with Crippen molar-refractivity contribution in [2.75, 3.05) is 25.5 Å². The van der Waals surface area contributed by atoms with Crippen molar-refractivity contribution in [1.29, 1.82) is 0 Å². The molecule has 3 aromatic rings. The van der Waals surface area contributed by atoms with Gasteiger partial charge in [-0.15, -0.1) is 12.4 Å². The van der Waals surface area contributed by atoms with E-state index in [4.69, 9.17) is 15.2 Å².